The minimum Gasteiger partial charge on any atom is -0.350 e. The first-order valence-electron chi connectivity index (χ1n) is 10.3. The second-order valence-corrected chi connectivity index (χ2v) is 8.07. The first kappa shape index (κ1) is 24.9. The van der Waals surface area contributed by atoms with Crippen LogP contribution in [0.15, 0.2) is 59.8 Å². The predicted octanol–water partition coefficient (Wildman–Crippen LogP) is 3.65. The number of benzene rings is 2. The molecule has 0 spiro atoms. The first-order chi connectivity index (χ1) is 17.0. The van der Waals surface area contributed by atoms with E-state index in [2.05, 4.69) is 15.4 Å². The Kier molecular flexibility index (Phi) is 6.75. The van der Waals surface area contributed by atoms with E-state index in [1.54, 1.807) is 0 Å². The average molecular weight is 521 g/mol. The molecule has 0 saturated carbocycles. The van der Waals surface area contributed by atoms with Crippen LogP contribution < -0.4 is 10.9 Å². The van der Waals surface area contributed by atoms with E-state index in [4.69, 9.17) is 11.6 Å². The van der Waals surface area contributed by atoms with Crippen molar-refractivity contribution in [1.29, 1.82) is 0 Å². The predicted molar refractivity (Wildman–Crippen MR) is 123 cm³/mol. The zero-order valence-corrected chi connectivity index (χ0v) is 19.0. The number of carbonyl (C=O) groups is 1. The molecule has 36 heavy (non-hydrogen) atoms. The van der Waals surface area contributed by atoms with Crippen LogP contribution in [0.1, 0.15) is 21.5 Å². The summed E-state index contributed by atoms with van der Waals surface area (Å²) in [6.07, 6.45) is -2.00. The topological polar surface area (TPSA) is 125 Å². The van der Waals surface area contributed by atoms with Gasteiger partial charge in [0.05, 0.1) is 40.4 Å². The van der Waals surface area contributed by atoms with Gasteiger partial charge in [-0.25, -0.2) is 9.67 Å². The number of carbonyl (C=O) groups excluding carboxylic acids is 1. The number of aromatic nitrogens is 4. The summed E-state index contributed by atoms with van der Waals surface area (Å²) < 4.78 is 41.4. The fraction of sp³-hybridized carbons (Fsp3) is 0.182. The molecule has 1 N–H and O–H groups in total. The Morgan fingerprint density at radius 2 is 1.97 bits per heavy atom. The lowest BCUT2D eigenvalue weighted by Crippen LogP contribution is -2.28. The van der Waals surface area contributed by atoms with Gasteiger partial charge in [0.15, 0.2) is 5.65 Å². The van der Waals surface area contributed by atoms with Crippen LogP contribution in [0.3, 0.4) is 0 Å². The van der Waals surface area contributed by atoms with Crippen LogP contribution in [0.4, 0.5) is 18.9 Å². The van der Waals surface area contributed by atoms with E-state index in [9.17, 15) is 32.9 Å². The second kappa shape index (κ2) is 9.77. The molecular weight excluding hydrogens is 505 g/mol. The third kappa shape index (κ3) is 5.20. The lowest BCUT2D eigenvalue weighted by Gasteiger charge is -2.10. The molecule has 0 radical (unpaired) electrons. The SMILES string of the molecule is O=C(NCCn1ncc2c(=O)n(Cc3cccc(C(F)(F)F)c3)cnc21)c1cc([N+](=O)[O-])ccc1Cl. The summed E-state index contributed by atoms with van der Waals surface area (Å²) in [7, 11) is 0. The highest BCUT2D eigenvalue weighted by atomic mass is 35.5. The molecule has 4 aromatic rings. The van der Waals surface area contributed by atoms with Gasteiger partial charge in [0.1, 0.15) is 11.7 Å². The fourth-order valence-electron chi connectivity index (χ4n) is 3.49. The normalized spacial score (nSPS) is 11.6. The standard InChI is InChI=1S/C22H16ClF3N6O4/c23-18-5-4-15(32(35)36)9-16(18)20(33)27-6-7-31-19-17(10-29-31)21(34)30(12-28-19)11-13-2-1-3-14(8-13)22(24,25)26/h1-5,8-10,12H,6-7,11H2,(H,27,33). The molecule has 0 saturated heterocycles. The Labute approximate surface area is 205 Å². The largest absolute Gasteiger partial charge is 0.416 e. The highest BCUT2D eigenvalue weighted by Gasteiger charge is 2.30. The minimum atomic E-state index is -4.50. The summed E-state index contributed by atoms with van der Waals surface area (Å²) in [4.78, 5) is 39.7. The van der Waals surface area contributed by atoms with Gasteiger partial charge >= 0.3 is 6.18 Å². The molecule has 0 fully saturated rings. The van der Waals surface area contributed by atoms with E-state index in [1.807, 2.05) is 0 Å². The molecule has 10 nitrogen and oxygen atoms in total. The molecule has 0 atom stereocenters. The molecule has 2 heterocycles. The van der Waals surface area contributed by atoms with Gasteiger partial charge in [-0.1, -0.05) is 23.7 Å². The smallest absolute Gasteiger partial charge is 0.350 e. The fourth-order valence-corrected chi connectivity index (χ4v) is 3.69. The van der Waals surface area contributed by atoms with Crippen molar-refractivity contribution in [2.45, 2.75) is 19.3 Å². The number of non-ortho nitro benzene ring substituents is 1. The van der Waals surface area contributed by atoms with E-state index in [1.165, 1.54) is 46.0 Å². The number of nitrogens with zero attached hydrogens (tertiary/aromatic N) is 5. The molecule has 1 amide bonds. The van der Waals surface area contributed by atoms with Crippen molar-refractivity contribution in [3.8, 4) is 0 Å². The Hall–Kier alpha value is -4.26. The van der Waals surface area contributed by atoms with Crippen molar-refractivity contribution in [1.82, 2.24) is 24.6 Å². The number of rotatable bonds is 7. The summed E-state index contributed by atoms with van der Waals surface area (Å²) >= 11 is 5.97. The number of amides is 1. The number of halogens is 4. The van der Waals surface area contributed by atoms with Crippen LogP contribution in [0.2, 0.25) is 5.02 Å². The van der Waals surface area contributed by atoms with Crippen LogP contribution in [0.25, 0.3) is 11.0 Å². The second-order valence-electron chi connectivity index (χ2n) is 7.66. The maximum absolute atomic E-state index is 13.0. The molecule has 2 aromatic carbocycles. The van der Waals surface area contributed by atoms with E-state index >= 15 is 0 Å². The molecule has 0 aliphatic heterocycles. The minimum absolute atomic E-state index is 0.0453. The number of nitrogens with one attached hydrogen (secondary N) is 1. The highest BCUT2D eigenvalue weighted by molar-refractivity contribution is 6.33. The number of alkyl halides is 3. The third-order valence-electron chi connectivity index (χ3n) is 5.24. The number of fused-ring (bicyclic) bond motifs is 1. The molecule has 0 bridgehead atoms. The zero-order valence-electron chi connectivity index (χ0n) is 18.2. The highest BCUT2D eigenvalue weighted by Crippen LogP contribution is 2.29. The van der Waals surface area contributed by atoms with Crippen molar-refractivity contribution in [2.75, 3.05) is 6.54 Å². The van der Waals surface area contributed by atoms with Crippen molar-refractivity contribution < 1.29 is 22.9 Å². The molecule has 0 aliphatic carbocycles. The number of hydrogen-bond donors (Lipinski definition) is 1. The monoisotopic (exact) mass is 520 g/mol. The van der Waals surface area contributed by atoms with Gasteiger partial charge < -0.3 is 5.32 Å². The summed E-state index contributed by atoms with van der Waals surface area (Å²) in [6, 6.07) is 8.16. The molecule has 186 valence electrons. The van der Waals surface area contributed by atoms with Crippen molar-refractivity contribution in [3.05, 3.63) is 97.2 Å². The van der Waals surface area contributed by atoms with E-state index in [0.29, 0.717) is 0 Å². The summed E-state index contributed by atoms with van der Waals surface area (Å²) in [5.74, 6) is -0.628. The van der Waals surface area contributed by atoms with Gasteiger partial charge in [0.25, 0.3) is 17.2 Å². The van der Waals surface area contributed by atoms with Crippen LogP contribution in [0.5, 0.6) is 0 Å². The van der Waals surface area contributed by atoms with E-state index in [0.717, 1.165) is 18.2 Å². The number of nitro benzene ring substituents is 1. The maximum Gasteiger partial charge on any atom is 0.416 e. The van der Waals surface area contributed by atoms with Crippen LogP contribution in [0, 0.1) is 10.1 Å². The first-order valence-corrected chi connectivity index (χ1v) is 10.7. The maximum atomic E-state index is 13.0. The van der Waals surface area contributed by atoms with E-state index in [-0.39, 0.29) is 52.5 Å². The molecular formula is C22H16ClF3N6O4. The zero-order chi connectivity index (χ0) is 26.0. The lowest BCUT2D eigenvalue weighted by atomic mass is 10.1. The Balaban J connectivity index is 1.47. The van der Waals surface area contributed by atoms with Crippen molar-refractivity contribution in [3.63, 3.8) is 0 Å². The Morgan fingerprint density at radius 1 is 1.19 bits per heavy atom. The van der Waals surface area contributed by atoms with Gasteiger partial charge in [-0.15, -0.1) is 0 Å². The van der Waals surface area contributed by atoms with Crippen LogP contribution in [-0.2, 0) is 19.3 Å². The van der Waals surface area contributed by atoms with Crippen molar-refractivity contribution in [2.24, 2.45) is 0 Å². The molecule has 4 rings (SSSR count). The molecule has 0 aliphatic rings. The summed E-state index contributed by atoms with van der Waals surface area (Å²) in [6.45, 7) is 0.0480. The van der Waals surface area contributed by atoms with Gasteiger partial charge in [-0.05, 0) is 23.8 Å². The molecule has 0 unspecified atom stereocenters. The average Bonchev–Trinajstić information content (AvgIpc) is 3.24. The Morgan fingerprint density at radius 3 is 2.69 bits per heavy atom. The molecule has 14 heteroatoms. The quantitative estimate of drug-likeness (QED) is 0.293. The van der Waals surface area contributed by atoms with Gasteiger partial charge in [-0.2, -0.15) is 18.3 Å². The summed E-state index contributed by atoms with van der Waals surface area (Å²) in [5, 5.41) is 17.8. The van der Waals surface area contributed by atoms with Crippen LogP contribution in [-0.4, -0.2) is 36.7 Å². The van der Waals surface area contributed by atoms with Gasteiger partial charge in [0.2, 0.25) is 0 Å². The summed E-state index contributed by atoms with van der Waals surface area (Å²) in [5.41, 5.74) is -1.15. The molecule has 2 aromatic heterocycles. The van der Waals surface area contributed by atoms with Crippen molar-refractivity contribution >= 4 is 34.2 Å². The van der Waals surface area contributed by atoms with E-state index < -0.39 is 28.1 Å². The van der Waals surface area contributed by atoms with Gasteiger partial charge in [-0.3, -0.25) is 24.3 Å². The van der Waals surface area contributed by atoms with Crippen LogP contribution >= 0.6 is 11.6 Å². The number of hydrogen-bond acceptors (Lipinski definition) is 6. The third-order valence-corrected chi connectivity index (χ3v) is 5.57. The number of nitro groups is 1. The lowest BCUT2D eigenvalue weighted by molar-refractivity contribution is -0.384. The van der Waals surface area contributed by atoms with Gasteiger partial charge in [0, 0.05) is 18.7 Å². The Bertz CT molecular complexity index is 1530.